The minimum absolute atomic E-state index is 0.882. The van der Waals surface area contributed by atoms with Crippen LogP contribution in [0.1, 0.15) is 33.3 Å². The molecule has 1 saturated heterocycles. The molecule has 1 heterocycles. The number of aliphatic hydroxyl groups excluding tert-OH is 1. The number of terminal acetylenes is 1. The molecule has 1 aliphatic heterocycles. The summed E-state index contributed by atoms with van der Waals surface area (Å²) in [5.74, 6) is 0. The molecule has 1 N–H and O–H groups in total. The van der Waals surface area contributed by atoms with Gasteiger partial charge in [0.1, 0.15) is 0 Å². The number of rotatable bonds is 2. The monoisotopic (exact) mass is 295 g/mol. The van der Waals surface area contributed by atoms with Crippen LogP contribution in [-0.2, 0) is 11.3 Å². The second-order valence-corrected chi connectivity index (χ2v) is 3.37. The second kappa shape index (κ2) is 23.7. The number of hydrogen-bond acceptors (Lipinski definition) is 3. The van der Waals surface area contributed by atoms with Gasteiger partial charge in [0.15, 0.2) is 0 Å². The minimum atomic E-state index is 0.882. The van der Waals surface area contributed by atoms with Crippen LogP contribution < -0.4 is 0 Å². The molecule has 3 heteroatoms. The normalized spacial score (nSPS) is 12.6. The zero-order chi connectivity index (χ0) is 16.9. The molecule has 1 aliphatic rings. The number of aliphatic hydroxyl groups is 1. The van der Waals surface area contributed by atoms with E-state index in [9.17, 15) is 0 Å². The highest BCUT2D eigenvalue weighted by Crippen LogP contribution is 2.05. The Bertz CT molecular complexity index is 280. The maximum atomic E-state index is 7.00. The number of benzene rings is 1. The first-order valence-electron chi connectivity index (χ1n) is 7.57. The Morgan fingerprint density at radius 3 is 1.81 bits per heavy atom. The molecular weight excluding hydrogens is 262 g/mol. The van der Waals surface area contributed by atoms with E-state index in [4.69, 9.17) is 9.84 Å². The van der Waals surface area contributed by atoms with Gasteiger partial charge in [-0.15, -0.1) is 12.8 Å². The van der Waals surface area contributed by atoms with Crippen molar-refractivity contribution in [1.29, 1.82) is 0 Å². The van der Waals surface area contributed by atoms with Gasteiger partial charge < -0.3 is 9.84 Å². The third-order valence-electron chi connectivity index (χ3n) is 2.35. The molecule has 3 nitrogen and oxygen atoms in total. The molecule has 1 fully saturated rings. The summed E-state index contributed by atoms with van der Waals surface area (Å²) in [6.07, 6.45) is 8.00. The van der Waals surface area contributed by atoms with E-state index in [0.29, 0.717) is 0 Å². The lowest BCUT2D eigenvalue weighted by Gasteiger charge is -2.26. The van der Waals surface area contributed by atoms with Gasteiger partial charge in [-0.2, -0.15) is 0 Å². The maximum absolute atomic E-state index is 7.00. The van der Waals surface area contributed by atoms with Crippen molar-refractivity contribution in [3.63, 3.8) is 0 Å². The van der Waals surface area contributed by atoms with Crippen molar-refractivity contribution in [2.24, 2.45) is 0 Å². The van der Waals surface area contributed by atoms with Crippen LogP contribution in [0, 0.1) is 12.8 Å². The van der Waals surface area contributed by atoms with Crippen molar-refractivity contribution in [1.82, 2.24) is 4.90 Å². The Labute approximate surface area is 131 Å². The Balaban J connectivity index is -0.000000353. The topological polar surface area (TPSA) is 32.7 Å². The molecule has 122 valence electrons. The number of morpholine rings is 1. The summed E-state index contributed by atoms with van der Waals surface area (Å²) in [5.41, 5.74) is 1.39. The molecule has 0 bridgehead atoms. The van der Waals surface area contributed by atoms with Gasteiger partial charge in [0.25, 0.3) is 0 Å². The molecule has 0 atom stereocenters. The number of hydrogen-bond donors (Lipinski definition) is 1. The van der Waals surface area contributed by atoms with E-state index >= 15 is 0 Å². The van der Waals surface area contributed by atoms with Crippen molar-refractivity contribution in [3.05, 3.63) is 35.9 Å². The highest BCUT2D eigenvalue weighted by Gasteiger charge is 2.09. The Morgan fingerprint density at radius 1 is 0.952 bits per heavy atom. The van der Waals surface area contributed by atoms with Crippen LogP contribution in [0.3, 0.4) is 0 Å². The summed E-state index contributed by atoms with van der Waals surface area (Å²) >= 11 is 0. The number of ether oxygens (including phenoxy) is 1. The zero-order valence-electron chi connectivity index (χ0n) is 14.4. The third-order valence-corrected chi connectivity index (χ3v) is 2.35. The molecule has 1 aromatic carbocycles. The highest BCUT2D eigenvalue weighted by molar-refractivity contribution is 5.14. The van der Waals surface area contributed by atoms with Gasteiger partial charge in [-0.25, -0.2) is 0 Å². The van der Waals surface area contributed by atoms with Gasteiger partial charge in [-0.3, -0.25) is 4.90 Å². The minimum Gasteiger partial charge on any atom is -0.400 e. The van der Waals surface area contributed by atoms with E-state index < -0.39 is 0 Å². The average molecular weight is 295 g/mol. The van der Waals surface area contributed by atoms with Gasteiger partial charge in [0.05, 0.1) is 13.2 Å². The molecule has 1 aromatic rings. The Hall–Kier alpha value is -1.34. The smallest absolute Gasteiger partial charge is 0.0594 e. The van der Waals surface area contributed by atoms with Crippen molar-refractivity contribution in [3.8, 4) is 12.8 Å². The molecule has 0 unspecified atom stereocenters. The standard InChI is InChI=1S/C11H15NO.2C2H6.C2H2.CH4O/c1-2-4-11(5-3-1)10-12-6-8-13-9-7-12;4*1-2/h1-5H,6-10H2;2*1-2H3;1-2H;2H,1H3. The lowest BCUT2D eigenvalue weighted by molar-refractivity contribution is 0.0342. The van der Waals surface area contributed by atoms with Crippen molar-refractivity contribution in [2.45, 2.75) is 34.2 Å². The van der Waals surface area contributed by atoms with Gasteiger partial charge in [-0.1, -0.05) is 58.0 Å². The lowest BCUT2D eigenvalue weighted by Crippen LogP contribution is -2.35. The maximum Gasteiger partial charge on any atom is 0.0594 e. The lowest BCUT2D eigenvalue weighted by atomic mass is 10.2. The summed E-state index contributed by atoms with van der Waals surface area (Å²) in [5, 5.41) is 7.00. The molecule has 2 rings (SSSR count). The van der Waals surface area contributed by atoms with Gasteiger partial charge in [0, 0.05) is 26.7 Å². The van der Waals surface area contributed by atoms with Crippen LogP contribution in [0.2, 0.25) is 0 Å². The molecule has 0 radical (unpaired) electrons. The third kappa shape index (κ3) is 14.9. The Morgan fingerprint density at radius 2 is 1.38 bits per heavy atom. The first-order chi connectivity index (χ1) is 10.4. The Kier molecular flexibility index (Phi) is 27.9. The predicted molar refractivity (Wildman–Crippen MR) is 93.3 cm³/mol. The molecule has 0 spiro atoms. The highest BCUT2D eigenvalue weighted by atomic mass is 16.5. The summed E-state index contributed by atoms with van der Waals surface area (Å²) in [6, 6.07) is 10.6. The average Bonchev–Trinajstić information content (AvgIpc) is 2.64. The van der Waals surface area contributed by atoms with E-state index in [1.165, 1.54) is 5.56 Å². The first kappa shape index (κ1) is 24.7. The van der Waals surface area contributed by atoms with Crippen LogP contribution in [0.4, 0.5) is 0 Å². The molecule has 0 aliphatic carbocycles. The largest absolute Gasteiger partial charge is 0.400 e. The van der Waals surface area contributed by atoms with Gasteiger partial charge in [0.2, 0.25) is 0 Å². The molecular formula is C18H33NO2. The zero-order valence-corrected chi connectivity index (χ0v) is 14.4. The SMILES string of the molecule is C#C.CC.CC.CO.c1ccc(CN2CCOCC2)cc1. The van der Waals surface area contributed by atoms with Gasteiger partial charge >= 0.3 is 0 Å². The summed E-state index contributed by atoms with van der Waals surface area (Å²) in [6.45, 7) is 13.0. The van der Waals surface area contributed by atoms with Crippen LogP contribution in [0.5, 0.6) is 0 Å². The van der Waals surface area contributed by atoms with Crippen LogP contribution >= 0.6 is 0 Å². The van der Waals surface area contributed by atoms with Crippen molar-refractivity contribution in [2.75, 3.05) is 33.4 Å². The first-order valence-corrected chi connectivity index (χ1v) is 7.57. The fourth-order valence-electron chi connectivity index (χ4n) is 1.60. The molecule has 0 amide bonds. The van der Waals surface area contributed by atoms with Crippen molar-refractivity contribution >= 4 is 0 Å². The molecule has 0 saturated carbocycles. The van der Waals surface area contributed by atoms with Crippen LogP contribution in [0.25, 0.3) is 0 Å². The fraction of sp³-hybridized carbons (Fsp3) is 0.556. The number of nitrogens with zero attached hydrogens (tertiary/aromatic N) is 1. The van der Waals surface area contributed by atoms with Crippen LogP contribution in [0.15, 0.2) is 30.3 Å². The summed E-state index contributed by atoms with van der Waals surface area (Å²) in [7, 11) is 1.00. The van der Waals surface area contributed by atoms with E-state index in [0.717, 1.165) is 40.0 Å². The fourth-order valence-corrected chi connectivity index (χ4v) is 1.60. The summed E-state index contributed by atoms with van der Waals surface area (Å²) < 4.78 is 5.30. The van der Waals surface area contributed by atoms with Gasteiger partial charge in [-0.05, 0) is 5.56 Å². The molecule has 21 heavy (non-hydrogen) atoms. The van der Waals surface area contributed by atoms with E-state index in [2.05, 4.69) is 48.1 Å². The quantitative estimate of drug-likeness (QED) is 0.849. The van der Waals surface area contributed by atoms with Crippen LogP contribution in [-0.4, -0.2) is 43.4 Å². The van der Waals surface area contributed by atoms with E-state index in [-0.39, 0.29) is 0 Å². The predicted octanol–water partition coefficient (Wildman–Crippen LogP) is 3.43. The summed E-state index contributed by atoms with van der Waals surface area (Å²) in [4.78, 5) is 2.43. The van der Waals surface area contributed by atoms with E-state index in [1.807, 2.05) is 27.7 Å². The second-order valence-electron chi connectivity index (χ2n) is 3.37. The molecule has 0 aromatic heterocycles. The van der Waals surface area contributed by atoms with Crippen molar-refractivity contribution < 1.29 is 9.84 Å². The van der Waals surface area contributed by atoms with E-state index in [1.54, 1.807) is 0 Å².